The van der Waals surface area contributed by atoms with Gasteiger partial charge in [0.2, 0.25) is 0 Å². The summed E-state index contributed by atoms with van der Waals surface area (Å²) in [5.74, 6) is 1.69. The number of carbonyl (C=O) groups is 1. The molecule has 29 heavy (non-hydrogen) atoms. The second kappa shape index (κ2) is 7.95. The highest BCUT2D eigenvalue weighted by Gasteiger charge is 2.30. The number of aryl methyl sites for hydroxylation is 3. The average Bonchev–Trinajstić information content (AvgIpc) is 3.46. The standard InChI is InChI=1S/C22H25N3O2S2/c1-11-5-6-12(2)16(9-11)28-10-17-24-20(26)18-13(3)19(29-22(18)25-17)21(27)23-14(4)15-7-8-15/h5-6,9,14-15H,7-8,10H2,1-4H3,(H,23,27)(H,24,25,26). The molecular weight excluding hydrogens is 402 g/mol. The number of benzene rings is 1. The first-order chi connectivity index (χ1) is 13.8. The van der Waals surface area contributed by atoms with E-state index in [1.54, 1.807) is 11.8 Å². The summed E-state index contributed by atoms with van der Waals surface area (Å²) in [6, 6.07) is 6.52. The summed E-state index contributed by atoms with van der Waals surface area (Å²) in [5.41, 5.74) is 2.96. The van der Waals surface area contributed by atoms with E-state index in [4.69, 9.17) is 0 Å². The van der Waals surface area contributed by atoms with Gasteiger partial charge in [-0.05, 0) is 63.6 Å². The first-order valence-electron chi connectivity index (χ1n) is 9.86. The Bertz CT molecular complexity index is 1140. The molecule has 2 heterocycles. The fourth-order valence-corrected chi connectivity index (χ4v) is 5.57. The summed E-state index contributed by atoms with van der Waals surface area (Å²) in [5, 5.41) is 3.61. The van der Waals surface area contributed by atoms with Crippen molar-refractivity contribution in [1.29, 1.82) is 0 Å². The first kappa shape index (κ1) is 20.2. The number of carbonyl (C=O) groups excluding carboxylic acids is 1. The van der Waals surface area contributed by atoms with Gasteiger partial charge in [-0.1, -0.05) is 17.7 Å². The van der Waals surface area contributed by atoms with Gasteiger partial charge in [0.05, 0.1) is 16.0 Å². The van der Waals surface area contributed by atoms with Crippen molar-refractivity contribution in [2.24, 2.45) is 5.92 Å². The highest BCUT2D eigenvalue weighted by Crippen LogP contribution is 2.33. The third kappa shape index (κ3) is 4.26. The van der Waals surface area contributed by atoms with Gasteiger partial charge in [-0.2, -0.15) is 0 Å². The number of H-pyrrole nitrogens is 1. The number of rotatable bonds is 6. The van der Waals surface area contributed by atoms with Crippen LogP contribution >= 0.6 is 23.1 Å². The van der Waals surface area contributed by atoms with Gasteiger partial charge in [0.15, 0.2) is 0 Å². The SMILES string of the molecule is Cc1ccc(C)c(SCc2nc3sc(C(=O)NC(C)C4CC4)c(C)c3c(=O)[nH]2)c1. The lowest BCUT2D eigenvalue weighted by Gasteiger charge is -2.11. The zero-order chi connectivity index (χ0) is 20.7. The van der Waals surface area contributed by atoms with Crippen molar-refractivity contribution in [3.63, 3.8) is 0 Å². The second-order valence-corrected chi connectivity index (χ2v) is 9.92. The number of fused-ring (bicyclic) bond motifs is 1. The normalized spacial score (nSPS) is 14.9. The number of hydrogen-bond acceptors (Lipinski definition) is 5. The number of hydrogen-bond donors (Lipinski definition) is 2. The zero-order valence-electron chi connectivity index (χ0n) is 17.1. The number of thioether (sulfide) groups is 1. The largest absolute Gasteiger partial charge is 0.349 e. The van der Waals surface area contributed by atoms with Crippen LogP contribution in [0.15, 0.2) is 27.9 Å². The molecule has 1 aliphatic carbocycles. The highest BCUT2D eigenvalue weighted by molar-refractivity contribution is 7.98. The molecule has 2 N–H and O–H groups in total. The van der Waals surface area contributed by atoms with Crippen LogP contribution in [-0.2, 0) is 5.75 Å². The predicted molar refractivity (Wildman–Crippen MR) is 120 cm³/mol. The molecule has 0 aliphatic heterocycles. The van der Waals surface area contributed by atoms with Crippen LogP contribution in [0.5, 0.6) is 0 Å². The minimum Gasteiger partial charge on any atom is -0.349 e. The molecule has 152 valence electrons. The molecule has 7 heteroatoms. The molecule has 1 unspecified atom stereocenters. The maximum atomic E-state index is 12.7. The smallest absolute Gasteiger partial charge is 0.261 e. The molecule has 2 aromatic heterocycles. The average molecular weight is 428 g/mol. The Kier molecular flexibility index (Phi) is 5.53. The minimum atomic E-state index is -0.172. The molecule has 0 saturated heterocycles. The van der Waals surface area contributed by atoms with E-state index < -0.39 is 0 Å². The molecule has 0 bridgehead atoms. The lowest BCUT2D eigenvalue weighted by atomic mass is 10.2. The fourth-order valence-electron chi connectivity index (χ4n) is 3.47. The lowest BCUT2D eigenvalue weighted by Crippen LogP contribution is -2.33. The van der Waals surface area contributed by atoms with Crippen LogP contribution in [0.4, 0.5) is 0 Å². The van der Waals surface area contributed by atoms with Crippen LogP contribution in [0.1, 0.15) is 52.0 Å². The predicted octanol–water partition coefficient (Wildman–Crippen LogP) is 4.73. The third-order valence-corrected chi connectivity index (χ3v) is 7.80. The molecule has 4 rings (SSSR count). The van der Waals surface area contributed by atoms with Gasteiger partial charge < -0.3 is 10.3 Å². The van der Waals surface area contributed by atoms with Crippen LogP contribution in [0.3, 0.4) is 0 Å². The number of amides is 1. The van der Waals surface area contributed by atoms with Crippen molar-refractivity contribution in [2.45, 2.75) is 57.2 Å². The zero-order valence-corrected chi connectivity index (χ0v) is 18.7. The number of thiophene rings is 1. The van der Waals surface area contributed by atoms with Gasteiger partial charge in [-0.3, -0.25) is 9.59 Å². The van der Waals surface area contributed by atoms with Gasteiger partial charge in [0.1, 0.15) is 10.7 Å². The summed E-state index contributed by atoms with van der Waals surface area (Å²) in [6.45, 7) is 8.03. The van der Waals surface area contributed by atoms with Crippen molar-refractivity contribution in [3.05, 3.63) is 55.9 Å². The molecule has 1 atom stereocenters. The Morgan fingerprint density at radius 3 is 2.83 bits per heavy atom. The van der Waals surface area contributed by atoms with Gasteiger partial charge in [-0.25, -0.2) is 4.98 Å². The Hall–Kier alpha value is -2.12. The summed E-state index contributed by atoms with van der Waals surface area (Å²) >= 11 is 2.97. The first-order valence-corrected chi connectivity index (χ1v) is 11.7. The summed E-state index contributed by atoms with van der Waals surface area (Å²) in [7, 11) is 0. The van der Waals surface area contributed by atoms with Crippen molar-refractivity contribution in [3.8, 4) is 0 Å². The maximum absolute atomic E-state index is 12.7. The summed E-state index contributed by atoms with van der Waals surface area (Å²) < 4.78 is 0. The van der Waals surface area contributed by atoms with Gasteiger partial charge in [0.25, 0.3) is 11.5 Å². The molecule has 1 saturated carbocycles. The van der Waals surface area contributed by atoms with Crippen LogP contribution in [0.2, 0.25) is 0 Å². The number of aromatic nitrogens is 2. The van der Waals surface area contributed by atoms with E-state index in [9.17, 15) is 9.59 Å². The maximum Gasteiger partial charge on any atom is 0.261 e. The van der Waals surface area contributed by atoms with E-state index >= 15 is 0 Å². The molecule has 0 spiro atoms. The molecular formula is C22H25N3O2S2. The van der Waals surface area contributed by atoms with Crippen LogP contribution in [0.25, 0.3) is 10.2 Å². The Labute approximate surface area is 178 Å². The van der Waals surface area contributed by atoms with E-state index in [2.05, 4.69) is 47.3 Å². The molecule has 1 aliphatic rings. The number of nitrogens with zero attached hydrogens (tertiary/aromatic N) is 1. The van der Waals surface area contributed by atoms with E-state index in [0.717, 1.165) is 0 Å². The van der Waals surface area contributed by atoms with Crippen molar-refractivity contribution in [2.75, 3.05) is 0 Å². The third-order valence-electron chi connectivity index (χ3n) is 5.45. The second-order valence-electron chi connectivity index (χ2n) is 7.91. The van der Waals surface area contributed by atoms with Crippen molar-refractivity contribution >= 4 is 39.2 Å². The molecule has 1 aromatic carbocycles. The molecule has 0 radical (unpaired) electrons. The van der Waals surface area contributed by atoms with E-state index in [1.165, 1.54) is 40.2 Å². The van der Waals surface area contributed by atoms with Gasteiger partial charge >= 0.3 is 0 Å². The monoisotopic (exact) mass is 427 g/mol. The lowest BCUT2D eigenvalue weighted by molar-refractivity contribution is 0.0939. The number of nitrogens with one attached hydrogen (secondary N) is 2. The van der Waals surface area contributed by atoms with E-state index in [-0.39, 0.29) is 17.5 Å². The molecule has 3 aromatic rings. The highest BCUT2D eigenvalue weighted by atomic mass is 32.2. The van der Waals surface area contributed by atoms with E-state index in [1.807, 2.05) is 13.8 Å². The van der Waals surface area contributed by atoms with E-state index in [0.29, 0.717) is 38.2 Å². The van der Waals surface area contributed by atoms with Crippen molar-refractivity contribution in [1.82, 2.24) is 15.3 Å². The number of aromatic amines is 1. The van der Waals surface area contributed by atoms with Gasteiger partial charge in [0, 0.05) is 10.9 Å². The Balaban J connectivity index is 1.58. The summed E-state index contributed by atoms with van der Waals surface area (Å²) in [4.78, 5) is 35.4. The van der Waals surface area contributed by atoms with Gasteiger partial charge in [-0.15, -0.1) is 23.1 Å². The van der Waals surface area contributed by atoms with Crippen LogP contribution < -0.4 is 10.9 Å². The molecule has 1 fully saturated rings. The quantitative estimate of drug-likeness (QED) is 0.558. The molecule has 1 amide bonds. The minimum absolute atomic E-state index is 0.101. The Morgan fingerprint density at radius 1 is 1.34 bits per heavy atom. The summed E-state index contributed by atoms with van der Waals surface area (Å²) in [6.07, 6.45) is 2.35. The topological polar surface area (TPSA) is 74.8 Å². The Morgan fingerprint density at radius 2 is 2.10 bits per heavy atom. The van der Waals surface area contributed by atoms with Crippen LogP contribution in [0, 0.1) is 26.7 Å². The van der Waals surface area contributed by atoms with Crippen LogP contribution in [-0.4, -0.2) is 21.9 Å². The molecule has 5 nitrogen and oxygen atoms in total. The fraction of sp³-hybridized carbons (Fsp3) is 0.409. The van der Waals surface area contributed by atoms with Crippen molar-refractivity contribution < 1.29 is 4.79 Å².